The zero-order valence-electron chi connectivity index (χ0n) is 10.3. The summed E-state index contributed by atoms with van der Waals surface area (Å²) in [6, 6.07) is 5.50. The molecular weight excluding hydrogens is 230 g/mol. The number of amides is 2. The Balaban J connectivity index is 1.89. The first-order chi connectivity index (χ1) is 8.66. The maximum absolute atomic E-state index is 12.0. The van der Waals surface area contributed by atoms with Crippen molar-refractivity contribution >= 4 is 11.8 Å². The Morgan fingerprint density at radius 2 is 2.39 bits per heavy atom. The second-order valence-corrected chi connectivity index (χ2v) is 4.52. The highest BCUT2D eigenvalue weighted by atomic mass is 16.2. The highest BCUT2D eigenvalue weighted by molar-refractivity contribution is 5.83. The van der Waals surface area contributed by atoms with Gasteiger partial charge in [-0.1, -0.05) is 6.07 Å². The fourth-order valence-electron chi connectivity index (χ4n) is 1.99. The van der Waals surface area contributed by atoms with Crippen LogP contribution in [0.3, 0.4) is 0 Å². The molecule has 0 spiro atoms. The summed E-state index contributed by atoms with van der Waals surface area (Å²) in [6.07, 6.45) is 2.75. The summed E-state index contributed by atoms with van der Waals surface area (Å²) in [7, 11) is 0. The molecule has 96 valence electrons. The largest absolute Gasteiger partial charge is 0.355 e. The standard InChI is InChI=1S/C13H17N3O2/c1-9(11-4-2-3-7-14-11)16-13(18)10-5-6-12(17)15-8-10/h2-4,7,9-10H,5-6,8H2,1H3,(H,15,17)(H,16,18). The Morgan fingerprint density at radius 3 is 3.00 bits per heavy atom. The van der Waals surface area contributed by atoms with E-state index in [1.807, 2.05) is 25.1 Å². The van der Waals surface area contributed by atoms with Crippen molar-refractivity contribution in [3.8, 4) is 0 Å². The third-order valence-electron chi connectivity index (χ3n) is 3.13. The average molecular weight is 247 g/mol. The van der Waals surface area contributed by atoms with E-state index < -0.39 is 0 Å². The van der Waals surface area contributed by atoms with Gasteiger partial charge in [-0.05, 0) is 25.5 Å². The minimum absolute atomic E-state index is 0.0202. The van der Waals surface area contributed by atoms with Crippen molar-refractivity contribution in [3.63, 3.8) is 0 Å². The third kappa shape index (κ3) is 3.06. The highest BCUT2D eigenvalue weighted by Crippen LogP contribution is 2.14. The second kappa shape index (κ2) is 5.62. The number of pyridine rings is 1. The Bertz CT molecular complexity index is 423. The molecule has 1 fully saturated rings. The maximum Gasteiger partial charge on any atom is 0.225 e. The molecule has 0 aliphatic carbocycles. The van der Waals surface area contributed by atoms with Gasteiger partial charge in [-0.2, -0.15) is 0 Å². The molecule has 1 aliphatic rings. The maximum atomic E-state index is 12.0. The zero-order chi connectivity index (χ0) is 13.0. The molecule has 18 heavy (non-hydrogen) atoms. The van der Waals surface area contributed by atoms with Gasteiger partial charge in [-0.15, -0.1) is 0 Å². The minimum atomic E-state index is -0.131. The molecule has 1 saturated heterocycles. The van der Waals surface area contributed by atoms with Gasteiger partial charge in [0.1, 0.15) is 0 Å². The van der Waals surface area contributed by atoms with Crippen molar-refractivity contribution in [2.45, 2.75) is 25.8 Å². The van der Waals surface area contributed by atoms with Crippen molar-refractivity contribution in [1.29, 1.82) is 0 Å². The van der Waals surface area contributed by atoms with Gasteiger partial charge in [-0.3, -0.25) is 14.6 Å². The van der Waals surface area contributed by atoms with Crippen LogP contribution in [0.5, 0.6) is 0 Å². The fourth-order valence-corrected chi connectivity index (χ4v) is 1.99. The second-order valence-electron chi connectivity index (χ2n) is 4.52. The molecule has 0 radical (unpaired) electrons. The quantitative estimate of drug-likeness (QED) is 0.829. The zero-order valence-corrected chi connectivity index (χ0v) is 10.3. The number of hydrogen-bond acceptors (Lipinski definition) is 3. The summed E-state index contributed by atoms with van der Waals surface area (Å²) in [5.41, 5.74) is 0.839. The topological polar surface area (TPSA) is 71.1 Å². The van der Waals surface area contributed by atoms with E-state index in [9.17, 15) is 9.59 Å². The first-order valence-corrected chi connectivity index (χ1v) is 6.15. The third-order valence-corrected chi connectivity index (χ3v) is 3.13. The molecule has 2 N–H and O–H groups in total. The van der Waals surface area contributed by atoms with Gasteiger partial charge in [0.05, 0.1) is 17.7 Å². The van der Waals surface area contributed by atoms with Crippen molar-refractivity contribution in [3.05, 3.63) is 30.1 Å². The van der Waals surface area contributed by atoms with Crippen LogP contribution >= 0.6 is 0 Å². The molecule has 0 bridgehead atoms. The Hall–Kier alpha value is -1.91. The molecule has 2 unspecified atom stereocenters. The van der Waals surface area contributed by atoms with E-state index in [2.05, 4.69) is 15.6 Å². The number of rotatable bonds is 3. The van der Waals surface area contributed by atoms with Crippen LogP contribution in [0.4, 0.5) is 0 Å². The number of carbonyl (C=O) groups is 2. The van der Waals surface area contributed by atoms with E-state index in [1.54, 1.807) is 6.20 Å². The van der Waals surface area contributed by atoms with Gasteiger partial charge < -0.3 is 10.6 Å². The number of aromatic nitrogens is 1. The van der Waals surface area contributed by atoms with Gasteiger partial charge in [0, 0.05) is 19.2 Å². The number of nitrogens with one attached hydrogen (secondary N) is 2. The SMILES string of the molecule is CC(NC(=O)C1CCC(=O)NC1)c1ccccn1. The molecule has 0 saturated carbocycles. The van der Waals surface area contributed by atoms with E-state index in [4.69, 9.17) is 0 Å². The van der Waals surface area contributed by atoms with E-state index in [1.165, 1.54) is 0 Å². The van der Waals surface area contributed by atoms with Crippen LogP contribution in [0.2, 0.25) is 0 Å². The monoisotopic (exact) mass is 247 g/mol. The predicted molar refractivity (Wildman–Crippen MR) is 66.5 cm³/mol. The van der Waals surface area contributed by atoms with Crippen LogP contribution < -0.4 is 10.6 Å². The van der Waals surface area contributed by atoms with Gasteiger partial charge in [0.2, 0.25) is 11.8 Å². The molecule has 1 aromatic heterocycles. The van der Waals surface area contributed by atoms with Crippen LogP contribution in [-0.4, -0.2) is 23.3 Å². The number of carbonyl (C=O) groups excluding carboxylic acids is 2. The molecule has 1 aliphatic heterocycles. The summed E-state index contributed by atoms with van der Waals surface area (Å²) in [6.45, 7) is 2.33. The molecule has 2 rings (SSSR count). The van der Waals surface area contributed by atoms with Crippen LogP contribution in [0.1, 0.15) is 31.5 Å². The molecule has 2 amide bonds. The summed E-state index contributed by atoms with van der Waals surface area (Å²) in [5.74, 6) is -0.126. The van der Waals surface area contributed by atoms with E-state index in [-0.39, 0.29) is 23.8 Å². The lowest BCUT2D eigenvalue weighted by molar-refractivity contribution is -0.129. The van der Waals surface area contributed by atoms with E-state index in [0.717, 1.165) is 5.69 Å². The van der Waals surface area contributed by atoms with Gasteiger partial charge in [0.15, 0.2) is 0 Å². The highest BCUT2D eigenvalue weighted by Gasteiger charge is 2.25. The number of nitrogens with zero attached hydrogens (tertiary/aromatic N) is 1. The average Bonchev–Trinajstić information content (AvgIpc) is 2.40. The minimum Gasteiger partial charge on any atom is -0.355 e. The van der Waals surface area contributed by atoms with Crippen molar-refractivity contribution in [2.24, 2.45) is 5.92 Å². The lowest BCUT2D eigenvalue weighted by Crippen LogP contribution is -2.43. The van der Waals surface area contributed by atoms with Crippen molar-refractivity contribution < 1.29 is 9.59 Å². The first-order valence-electron chi connectivity index (χ1n) is 6.15. The summed E-state index contributed by atoms with van der Waals surface area (Å²) >= 11 is 0. The molecule has 1 aromatic rings. The number of piperidine rings is 1. The van der Waals surface area contributed by atoms with E-state index in [0.29, 0.717) is 19.4 Å². The smallest absolute Gasteiger partial charge is 0.225 e. The first kappa shape index (κ1) is 12.5. The molecule has 5 nitrogen and oxygen atoms in total. The Morgan fingerprint density at radius 1 is 1.56 bits per heavy atom. The fraction of sp³-hybridized carbons (Fsp3) is 0.462. The van der Waals surface area contributed by atoms with Crippen LogP contribution in [0, 0.1) is 5.92 Å². The lowest BCUT2D eigenvalue weighted by Gasteiger charge is -2.23. The molecule has 5 heteroatoms. The van der Waals surface area contributed by atoms with Gasteiger partial charge >= 0.3 is 0 Å². The normalized spacial score (nSPS) is 20.9. The van der Waals surface area contributed by atoms with Gasteiger partial charge in [0.25, 0.3) is 0 Å². The number of hydrogen-bond donors (Lipinski definition) is 2. The lowest BCUT2D eigenvalue weighted by atomic mass is 9.98. The molecule has 0 aromatic carbocycles. The molecule has 2 heterocycles. The summed E-state index contributed by atoms with van der Waals surface area (Å²) < 4.78 is 0. The predicted octanol–water partition coefficient (Wildman–Crippen LogP) is 0.785. The van der Waals surface area contributed by atoms with Crippen LogP contribution in [-0.2, 0) is 9.59 Å². The molecule has 2 atom stereocenters. The van der Waals surface area contributed by atoms with Crippen LogP contribution in [0.25, 0.3) is 0 Å². The molecular formula is C13H17N3O2. The Kier molecular flexibility index (Phi) is 3.92. The Labute approximate surface area is 106 Å². The summed E-state index contributed by atoms with van der Waals surface area (Å²) in [4.78, 5) is 27.2. The summed E-state index contributed by atoms with van der Waals surface area (Å²) in [5, 5.41) is 5.64. The van der Waals surface area contributed by atoms with Crippen molar-refractivity contribution in [2.75, 3.05) is 6.54 Å². The van der Waals surface area contributed by atoms with Crippen LogP contribution in [0.15, 0.2) is 24.4 Å². The van der Waals surface area contributed by atoms with E-state index >= 15 is 0 Å². The van der Waals surface area contributed by atoms with Crippen molar-refractivity contribution in [1.82, 2.24) is 15.6 Å². The van der Waals surface area contributed by atoms with Gasteiger partial charge in [-0.25, -0.2) is 0 Å².